The lowest BCUT2D eigenvalue weighted by Gasteiger charge is -2.02. The van der Waals surface area contributed by atoms with Gasteiger partial charge in [0.1, 0.15) is 13.2 Å². The van der Waals surface area contributed by atoms with Crippen molar-refractivity contribution >= 4 is 11.9 Å². The van der Waals surface area contributed by atoms with Crippen LogP contribution >= 0.6 is 0 Å². The molecule has 0 amide bonds. The van der Waals surface area contributed by atoms with Gasteiger partial charge in [-0.1, -0.05) is 24.3 Å². The van der Waals surface area contributed by atoms with Crippen LogP contribution in [0.25, 0.3) is 0 Å². The number of esters is 2. The van der Waals surface area contributed by atoms with Crippen molar-refractivity contribution in [2.45, 2.75) is 26.7 Å². The van der Waals surface area contributed by atoms with Gasteiger partial charge < -0.3 is 9.47 Å². The van der Waals surface area contributed by atoms with Crippen molar-refractivity contribution in [1.29, 1.82) is 0 Å². The largest absolute Gasteiger partial charge is 0.461 e. The minimum atomic E-state index is -0.388. The molecule has 0 N–H and O–H groups in total. The molecule has 0 fully saturated rings. The first kappa shape index (κ1) is 14.4. The molecule has 0 radical (unpaired) electrons. The zero-order valence-electron chi connectivity index (χ0n) is 9.77. The molecule has 0 aromatic carbocycles. The summed E-state index contributed by atoms with van der Waals surface area (Å²) in [6, 6.07) is 0. The third-order valence-electron chi connectivity index (χ3n) is 1.69. The van der Waals surface area contributed by atoms with E-state index in [1.807, 2.05) is 13.8 Å². The van der Waals surface area contributed by atoms with Crippen molar-refractivity contribution in [3.05, 3.63) is 24.3 Å². The number of hydrogen-bond donors (Lipinski definition) is 0. The zero-order valence-corrected chi connectivity index (χ0v) is 9.77. The summed E-state index contributed by atoms with van der Waals surface area (Å²) >= 11 is 0. The monoisotopic (exact) mass is 226 g/mol. The molecule has 0 bridgehead atoms. The normalized spacial score (nSPS) is 10.9. The van der Waals surface area contributed by atoms with Crippen LogP contribution in [0.3, 0.4) is 0 Å². The smallest absolute Gasteiger partial charge is 0.306 e. The second-order valence-electron chi connectivity index (χ2n) is 3.00. The van der Waals surface area contributed by atoms with E-state index in [0.29, 0.717) is 0 Å². The first-order valence-corrected chi connectivity index (χ1v) is 5.24. The molecule has 0 saturated carbocycles. The van der Waals surface area contributed by atoms with E-state index in [4.69, 9.17) is 9.47 Å². The second-order valence-corrected chi connectivity index (χ2v) is 3.00. The molecule has 4 heteroatoms. The Kier molecular flexibility index (Phi) is 8.97. The van der Waals surface area contributed by atoms with Crippen LogP contribution in [0.15, 0.2) is 24.3 Å². The fourth-order valence-electron chi connectivity index (χ4n) is 0.823. The van der Waals surface area contributed by atoms with Crippen molar-refractivity contribution < 1.29 is 19.1 Å². The summed E-state index contributed by atoms with van der Waals surface area (Å²) < 4.78 is 9.62. The van der Waals surface area contributed by atoms with Gasteiger partial charge in [0, 0.05) is 0 Å². The number of hydrogen-bond acceptors (Lipinski definition) is 4. The van der Waals surface area contributed by atoms with Crippen molar-refractivity contribution in [3.63, 3.8) is 0 Å². The molecule has 0 heterocycles. The highest BCUT2D eigenvalue weighted by atomic mass is 16.5. The molecular weight excluding hydrogens is 208 g/mol. The Hall–Kier alpha value is -1.58. The van der Waals surface area contributed by atoms with Gasteiger partial charge in [-0.25, -0.2) is 0 Å². The Balaban J connectivity index is 3.54. The highest BCUT2D eigenvalue weighted by Crippen LogP contribution is 1.96. The minimum absolute atomic E-state index is 0.0617. The van der Waals surface area contributed by atoms with Crippen molar-refractivity contribution in [1.82, 2.24) is 0 Å². The number of rotatable bonds is 7. The first-order valence-electron chi connectivity index (χ1n) is 5.24. The highest BCUT2D eigenvalue weighted by molar-refractivity contribution is 5.77. The lowest BCUT2D eigenvalue weighted by molar-refractivity contribution is -0.149. The van der Waals surface area contributed by atoms with Crippen LogP contribution in [0.5, 0.6) is 0 Å². The maximum absolute atomic E-state index is 11.1. The molecule has 0 saturated heterocycles. The van der Waals surface area contributed by atoms with Gasteiger partial charge >= 0.3 is 11.9 Å². The summed E-state index contributed by atoms with van der Waals surface area (Å²) in [5, 5.41) is 0. The van der Waals surface area contributed by atoms with E-state index in [-0.39, 0.29) is 38.0 Å². The molecule has 0 aromatic rings. The van der Waals surface area contributed by atoms with Gasteiger partial charge in [0.2, 0.25) is 0 Å². The number of ether oxygens (including phenoxy) is 2. The van der Waals surface area contributed by atoms with Gasteiger partial charge in [0.05, 0.1) is 12.8 Å². The molecule has 0 atom stereocenters. The minimum Gasteiger partial charge on any atom is -0.461 e. The molecule has 0 aliphatic heterocycles. The first-order chi connectivity index (χ1) is 7.70. The van der Waals surface area contributed by atoms with E-state index < -0.39 is 0 Å². The van der Waals surface area contributed by atoms with E-state index in [0.717, 1.165) is 0 Å². The summed E-state index contributed by atoms with van der Waals surface area (Å²) in [4.78, 5) is 22.1. The molecule has 90 valence electrons. The summed E-state index contributed by atoms with van der Waals surface area (Å²) in [7, 11) is 0. The van der Waals surface area contributed by atoms with E-state index in [1.54, 1.807) is 24.3 Å². The summed E-state index contributed by atoms with van der Waals surface area (Å²) in [6.45, 7) is 4.19. The Bertz CT molecular complexity index is 238. The maximum atomic E-state index is 11.1. The van der Waals surface area contributed by atoms with Crippen LogP contribution in [0.4, 0.5) is 0 Å². The number of carbonyl (C=O) groups excluding carboxylic acids is 2. The van der Waals surface area contributed by atoms with E-state index >= 15 is 0 Å². The number of allylic oxidation sites excluding steroid dienone is 2. The average Bonchev–Trinajstić information content (AvgIpc) is 2.27. The number of carbonyl (C=O) groups is 2. The van der Waals surface area contributed by atoms with Crippen LogP contribution in [0.2, 0.25) is 0 Å². The van der Waals surface area contributed by atoms with Crippen molar-refractivity contribution in [2.75, 3.05) is 13.2 Å². The third-order valence-corrected chi connectivity index (χ3v) is 1.69. The van der Waals surface area contributed by atoms with Gasteiger partial charge in [-0.15, -0.1) is 0 Å². The summed E-state index contributed by atoms with van der Waals surface area (Å²) in [5.74, 6) is -0.776. The second kappa shape index (κ2) is 9.96. The molecular formula is C12H18O4. The van der Waals surface area contributed by atoms with Gasteiger partial charge in [-0.3, -0.25) is 9.59 Å². The zero-order chi connectivity index (χ0) is 12.2. The molecule has 0 aliphatic carbocycles. The lowest BCUT2D eigenvalue weighted by Crippen LogP contribution is -2.10. The van der Waals surface area contributed by atoms with Crippen LogP contribution in [-0.2, 0) is 19.1 Å². The van der Waals surface area contributed by atoms with E-state index in [1.165, 1.54) is 0 Å². The topological polar surface area (TPSA) is 52.6 Å². The van der Waals surface area contributed by atoms with Gasteiger partial charge in [-0.2, -0.15) is 0 Å². The predicted molar refractivity (Wildman–Crippen MR) is 60.8 cm³/mol. The molecule has 0 rings (SSSR count). The van der Waals surface area contributed by atoms with Gasteiger partial charge in [0.25, 0.3) is 0 Å². The molecule has 0 aromatic heterocycles. The highest BCUT2D eigenvalue weighted by Gasteiger charge is 2.07. The molecule has 16 heavy (non-hydrogen) atoms. The fraction of sp³-hybridized carbons (Fsp3) is 0.500. The Morgan fingerprint density at radius 3 is 1.56 bits per heavy atom. The van der Waals surface area contributed by atoms with Crippen molar-refractivity contribution in [3.8, 4) is 0 Å². The van der Waals surface area contributed by atoms with Crippen LogP contribution in [-0.4, -0.2) is 25.2 Å². The SMILES string of the molecule is C/C=C/COC(=O)CCC(=O)OC/C=C/C. The standard InChI is InChI=1S/C12H18O4/c1-3-5-9-15-11(13)7-8-12(14)16-10-6-4-2/h3-6H,7-10H2,1-2H3/b5-3+,6-4+. The molecule has 4 nitrogen and oxygen atoms in total. The Morgan fingerprint density at radius 1 is 0.875 bits per heavy atom. The van der Waals surface area contributed by atoms with Crippen molar-refractivity contribution in [2.24, 2.45) is 0 Å². The Labute approximate surface area is 95.9 Å². The molecule has 0 aliphatic rings. The van der Waals surface area contributed by atoms with E-state index in [2.05, 4.69) is 0 Å². The fourth-order valence-corrected chi connectivity index (χ4v) is 0.823. The van der Waals surface area contributed by atoms with Crippen LogP contribution in [0, 0.1) is 0 Å². The summed E-state index contributed by atoms with van der Waals surface area (Å²) in [5.41, 5.74) is 0. The summed E-state index contributed by atoms with van der Waals surface area (Å²) in [6.07, 6.45) is 7.15. The Morgan fingerprint density at radius 2 is 1.25 bits per heavy atom. The lowest BCUT2D eigenvalue weighted by atomic mass is 10.3. The molecule has 0 unspecified atom stereocenters. The third kappa shape index (κ3) is 8.99. The predicted octanol–water partition coefficient (Wildman–Crippen LogP) is 2.01. The quantitative estimate of drug-likeness (QED) is 0.492. The maximum Gasteiger partial charge on any atom is 0.306 e. The van der Waals surface area contributed by atoms with Crippen LogP contribution in [0.1, 0.15) is 26.7 Å². The molecule has 0 spiro atoms. The van der Waals surface area contributed by atoms with Gasteiger partial charge in [-0.05, 0) is 13.8 Å². The average molecular weight is 226 g/mol. The van der Waals surface area contributed by atoms with E-state index in [9.17, 15) is 9.59 Å². The van der Waals surface area contributed by atoms with Crippen LogP contribution < -0.4 is 0 Å². The van der Waals surface area contributed by atoms with Gasteiger partial charge in [0.15, 0.2) is 0 Å².